The Balaban J connectivity index is 0.00000126. The summed E-state index contributed by atoms with van der Waals surface area (Å²) in [6, 6.07) is 23.3. The monoisotopic (exact) mass is 402 g/mol. The van der Waals surface area contributed by atoms with Gasteiger partial charge in [0.15, 0.2) is 0 Å². The van der Waals surface area contributed by atoms with E-state index in [0.717, 1.165) is 18.2 Å². The number of aliphatic hydroxyl groups is 1. The number of benzene rings is 3. The highest BCUT2D eigenvalue weighted by Crippen LogP contribution is 2.35. The van der Waals surface area contributed by atoms with Gasteiger partial charge in [0.05, 0.1) is 5.25 Å². The number of rotatable bonds is 5. The summed E-state index contributed by atoms with van der Waals surface area (Å²) in [4.78, 5) is 0.128. The van der Waals surface area contributed by atoms with E-state index >= 15 is 0 Å². The Hall–Kier alpha value is -2.28. The van der Waals surface area contributed by atoms with Crippen molar-refractivity contribution in [1.29, 1.82) is 0 Å². The maximum absolute atomic E-state index is 12.6. The lowest BCUT2D eigenvalue weighted by Crippen LogP contribution is -2.11. The number of hydrogen-bond acceptors (Lipinski definition) is 5. The number of thiol groups is 1. The maximum atomic E-state index is 12.6. The Labute approximate surface area is 166 Å². The van der Waals surface area contributed by atoms with Crippen molar-refractivity contribution >= 4 is 22.7 Å². The molecule has 1 atom stereocenters. The van der Waals surface area contributed by atoms with E-state index in [0.29, 0.717) is 5.56 Å². The third kappa shape index (κ3) is 5.35. The summed E-state index contributed by atoms with van der Waals surface area (Å²) in [5, 5.41) is 6.71. The van der Waals surface area contributed by atoms with Crippen molar-refractivity contribution in [1.82, 2.24) is 0 Å². The number of hydrogen-bond donors (Lipinski definition) is 2. The van der Waals surface area contributed by atoms with Gasteiger partial charge in [-0.05, 0) is 30.7 Å². The summed E-state index contributed by atoms with van der Waals surface area (Å²) in [5.41, 5.74) is 2.65. The van der Waals surface area contributed by atoms with Gasteiger partial charge in [0.1, 0.15) is 10.6 Å². The first kappa shape index (κ1) is 21.0. The molecule has 0 saturated carbocycles. The second kappa shape index (κ2) is 9.60. The van der Waals surface area contributed by atoms with Crippen LogP contribution in [0.25, 0.3) is 0 Å². The van der Waals surface area contributed by atoms with Gasteiger partial charge in [0, 0.05) is 12.7 Å². The Morgan fingerprint density at radius 1 is 0.852 bits per heavy atom. The van der Waals surface area contributed by atoms with Gasteiger partial charge in [0.2, 0.25) is 0 Å². The fourth-order valence-corrected chi connectivity index (χ4v) is 3.81. The predicted octanol–water partition coefficient (Wildman–Crippen LogP) is 4.39. The van der Waals surface area contributed by atoms with Crippen molar-refractivity contribution < 1.29 is 17.7 Å². The minimum absolute atomic E-state index is 0.128. The lowest BCUT2D eigenvalue weighted by Gasteiger charge is -2.16. The van der Waals surface area contributed by atoms with Crippen molar-refractivity contribution in [3.05, 3.63) is 95.6 Å². The van der Waals surface area contributed by atoms with Gasteiger partial charge < -0.3 is 9.29 Å². The van der Waals surface area contributed by atoms with Crippen molar-refractivity contribution in [3.8, 4) is 5.75 Å². The van der Waals surface area contributed by atoms with Crippen LogP contribution in [0.1, 0.15) is 21.9 Å². The zero-order valence-electron chi connectivity index (χ0n) is 15.1. The smallest absolute Gasteiger partial charge is 0.339 e. The molecule has 0 fully saturated rings. The van der Waals surface area contributed by atoms with Crippen LogP contribution in [0.5, 0.6) is 5.75 Å². The molecule has 1 unspecified atom stereocenters. The largest absolute Gasteiger partial charge is 0.400 e. The topological polar surface area (TPSA) is 63.6 Å². The van der Waals surface area contributed by atoms with Crippen LogP contribution in [0.2, 0.25) is 0 Å². The molecule has 0 aliphatic carbocycles. The number of para-hydroxylation sites is 1. The third-order valence-electron chi connectivity index (χ3n) is 3.84. The highest BCUT2D eigenvalue weighted by molar-refractivity contribution is 7.87. The molecule has 0 spiro atoms. The highest BCUT2D eigenvalue weighted by atomic mass is 32.2. The van der Waals surface area contributed by atoms with Crippen LogP contribution < -0.4 is 4.18 Å². The van der Waals surface area contributed by atoms with Gasteiger partial charge in [-0.2, -0.15) is 21.0 Å². The van der Waals surface area contributed by atoms with Crippen LogP contribution in [-0.2, 0) is 10.1 Å². The summed E-state index contributed by atoms with van der Waals surface area (Å²) < 4.78 is 30.6. The van der Waals surface area contributed by atoms with Gasteiger partial charge in [-0.15, -0.1) is 0 Å². The molecule has 3 aromatic rings. The molecular weight excluding hydrogens is 380 g/mol. The van der Waals surface area contributed by atoms with Gasteiger partial charge in [-0.1, -0.05) is 66.2 Å². The molecule has 0 aliphatic heterocycles. The quantitative estimate of drug-likeness (QED) is 0.491. The van der Waals surface area contributed by atoms with Gasteiger partial charge in [-0.25, -0.2) is 0 Å². The van der Waals surface area contributed by atoms with Crippen molar-refractivity contribution in [2.24, 2.45) is 0 Å². The van der Waals surface area contributed by atoms with E-state index in [1.54, 1.807) is 36.4 Å². The molecule has 27 heavy (non-hydrogen) atoms. The number of aryl methyl sites for hydroxylation is 1. The summed E-state index contributed by atoms with van der Waals surface area (Å²) in [7, 11) is -2.90. The second-order valence-electron chi connectivity index (χ2n) is 5.70. The van der Waals surface area contributed by atoms with Crippen LogP contribution in [0.15, 0.2) is 83.8 Å². The van der Waals surface area contributed by atoms with Gasteiger partial charge >= 0.3 is 10.1 Å². The van der Waals surface area contributed by atoms with Crippen LogP contribution in [-0.4, -0.2) is 20.6 Å². The minimum atomic E-state index is -3.90. The SMILES string of the molecule is CO.Cc1ccc(S(=O)(=O)Oc2ccccc2C(S)c2ccccc2)cc1. The maximum Gasteiger partial charge on any atom is 0.339 e. The second-order valence-corrected chi connectivity index (χ2v) is 7.76. The lowest BCUT2D eigenvalue weighted by atomic mass is 10.0. The van der Waals surface area contributed by atoms with Crippen LogP contribution in [0.3, 0.4) is 0 Å². The molecule has 0 aromatic heterocycles. The predicted molar refractivity (Wildman–Crippen MR) is 111 cm³/mol. The minimum Gasteiger partial charge on any atom is -0.400 e. The molecule has 0 heterocycles. The Morgan fingerprint density at radius 3 is 2.04 bits per heavy atom. The molecule has 3 aromatic carbocycles. The van der Waals surface area contributed by atoms with Crippen molar-refractivity contribution in [2.75, 3.05) is 7.11 Å². The zero-order chi connectivity index (χ0) is 19.9. The van der Waals surface area contributed by atoms with Crippen LogP contribution >= 0.6 is 12.6 Å². The molecule has 4 nitrogen and oxygen atoms in total. The van der Waals surface area contributed by atoms with E-state index < -0.39 is 10.1 Å². The third-order valence-corrected chi connectivity index (χ3v) is 5.66. The van der Waals surface area contributed by atoms with E-state index in [9.17, 15) is 8.42 Å². The number of aliphatic hydroxyl groups excluding tert-OH is 1. The molecular formula is C21H22O4S2. The zero-order valence-corrected chi connectivity index (χ0v) is 16.8. The van der Waals surface area contributed by atoms with E-state index in [1.165, 1.54) is 0 Å². The summed E-state index contributed by atoms with van der Waals surface area (Å²) in [6.45, 7) is 1.90. The van der Waals surface area contributed by atoms with Crippen LogP contribution in [0, 0.1) is 6.92 Å². The molecule has 6 heteroatoms. The van der Waals surface area contributed by atoms with E-state index in [2.05, 4.69) is 12.6 Å². The molecule has 0 radical (unpaired) electrons. The fraction of sp³-hybridized carbons (Fsp3) is 0.143. The first-order chi connectivity index (χ1) is 13.0. The van der Waals surface area contributed by atoms with Crippen molar-refractivity contribution in [3.63, 3.8) is 0 Å². The summed E-state index contributed by atoms with van der Waals surface area (Å²) >= 11 is 4.65. The van der Waals surface area contributed by atoms with E-state index in [4.69, 9.17) is 9.29 Å². The van der Waals surface area contributed by atoms with E-state index in [1.807, 2.05) is 49.4 Å². The molecule has 3 rings (SSSR count). The Kier molecular flexibility index (Phi) is 7.47. The first-order valence-electron chi connectivity index (χ1n) is 8.25. The first-order valence-corrected chi connectivity index (χ1v) is 10.2. The standard InChI is InChI=1S/C20H18O3S2.CH4O/c1-15-11-13-17(14-12-15)25(21,22)23-19-10-6-5-9-18(19)20(24)16-7-3-2-4-8-16;1-2/h2-14,20,24H,1H3;2H,1H3. The van der Waals surface area contributed by atoms with Crippen molar-refractivity contribution in [2.45, 2.75) is 17.1 Å². The Morgan fingerprint density at radius 2 is 1.41 bits per heavy atom. The highest BCUT2D eigenvalue weighted by Gasteiger charge is 2.21. The fourth-order valence-electron chi connectivity index (χ4n) is 2.47. The van der Waals surface area contributed by atoms with Crippen LogP contribution in [0.4, 0.5) is 0 Å². The summed E-state index contributed by atoms with van der Waals surface area (Å²) in [6.07, 6.45) is 0. The molecule has 0 bridgehead atoms. The van der Waals surface area contributed by atoms with Gasteiger partial charge in [0.25, 0.3) is 0 Å². The van der Waals surface area contributed by atoms with Gasteiger partial charge in [-0.3, -0.25) is 0 Å². The average molecular weight is 403 g/mol. The molecule has 0 saturated heterocycles. The molecule has 0 amide bonds. The molecule has 1 N–H and O–H groups in total. The molecule has 0 aliphatic rings. The normalized spacial score (nSPS) is 11.9. The lowest BCUT2D eigenvalue weighted by molar-refractivity contribution is 0.399. The average Bonchev–Trinajstić information content (AvgIpc) is 2.70. The summed E-state index contributed by atoms with van der Waals surface area (Å²) in [5.74, 6) is 0.284. The Bertz CT molecular complexity index is 953. The molecule has 142 valence electrons. The van der Waals surface area contributed by atoms with E-state index in [-0.39, 0.29) is 15.9 Å².